The minimum absolute atomic E-state index is 0.0378. The van der Waals surface area contributed by atoms with Crippen LogP contribution in [0, 0.1) is 5.92 Å². The molecule has 0 spiro atoms. The summed E-state index contributed by atoms with van der Waals surface area (Å²) in [6.45, 7) is 6.40. The minimum Gasteiger partial charge on any atom is -0.479 e. The Labute approximate surface area is 151 Å². The van der Waals surface area contributed by atoms with E-state index in [4.69, 9.17) is 28.8 Å². The third-order valence-corrected chi connectivity index (χ3v) is 5.74. The number of nitrogen functional groups attached to an aromatic ring is 1. The minimum atomic E-state index is -1.36. The maximum absolute atomic E-state index is 6.18. The molecule has 0 aliphatic carbocycles. The molecule has 0 bridgehead atoms. The Morgan fingerprint density at radius 2 is 2.19 bits per heavy atom. The molecule has 2 aliphatic rings. The molecule has 26 heavy (non-hydrogen) atoms. The van der Waals surface area contributed by atoms with Gasteiger partial charge in [-0.15, -0.1) is 0 Å². The zero-order valence-corrected chi connectivity index (χ0v) is 15.9. The van der Waals surface area contributed by atoms with E-state index in [-0.39, 0.29) is 36.4 Å². The van der Waals surface area contributed by atoms with Gasteiger partial charge in [0.2, 0.25) is 11.8 Å². The highest BCUT2D eigenvalue weighted by Gasteiger charge is 2.49. The highest BCUT2D eigenvalue weighted by molar-refractivity contribution is 7.41. The zero-order valence-electron chi connectivity index (χ0n) is 15.0. The quantitative estimate of drug-likeness (QED) is 0.792. The van der Waals surface area contributed by atoms with Crippen LogP contribution in [0.25, 0.3) is 11.2 Å². The summed E-state index contributed by atoms with van der Waals surface area (Å²) in [6, 6.07) is 0. The highest BCUT2D eigenvalue weighted by atomic mass is 31.2. The molecule has 0 radical (unpaired) electrons. The number of nitrogens with zero attached hydrogens (tertiary/aromatic N) is 4. The van der Waals surface area contributed by atoms with Crippen molar-refractivity contribution in [1.29, 1.82) is 0 Å². The van der Waals surface area contributed by atoms with Gasteiger partial charge in [-0.2, -0.15) is 9.97 Å². The zero-order chi connectivity index (χ0) is 18.4. The number of methoxy groups -OCH3 is 1. The summed E-state index contributed by atoms with van der Waals surface area (Å²) in [5, 5.41) is 0. The third kappa shape index (κ3) is 3.01. The summed E-state index contributed by atoms with van der Waals surface area (Å²) in [5.74, 6) is 0.500. The van der Waals surface area contributed by atoms with E-state index in [0.717, 1.165) is 0 Å². The van der Waals surface area contributed by atoms with Crippen LogP contribution in [0.2, 0.25) is 0 Å². The van der Waals surface area contributed by atoms with Crippen molar-refractivity contribution in [3.63, 3.8) is 0 Å². The Bertz CT molecular complexity index is 802. The average molecular weight is 383 g/mol. The molecule has 0 saturated carbocycles. The van der Waals surface area contributed by atoms with Crippen molar-refractivity contribution in [3.8, 4) is 5.88 Å². The third-order valence-electron chi connectivity index (χ3n) is 4.37. The van der Waals surface area contributed by atoms with Crippen LogP contribution in [-0.4, -0.2) is 51.5 Å². The van der Waals surface area contributed by atoms with Gasteiger partial charge in [-0.05, 0) is 13.8 Å². The monoisotopic (exact) mass is 383 g/mol. The molecule has 5 atom stereocenters. The molecule has 2 saturated heterocycles. The van der Waals surface area contributed by atoms with Crippen LogP contribution < -0.4 is 10.5 Å². The molecular formula is C15H22N5O5P. The van der Waals surface area contributed by atoms with Gasteiger partial charge >= 0.3 is 8.60 Å². The lowest BCUT2D eigenvalue weighted by atomic mass is 10.0. The number of ether oxygens (including phenoxy) is 2. The van der Waals surface area contributed by atoms with E-state index in [9.17, 15) is 0 Å². The van der Waals surface area contributed by atoms with Crippen LogP contribution in [0.5, 0.6) is 5.88 Å². The van der Waals surface area contributed by atoms with E-state index in [1.54, 1.807) is 6.33 Å². The van der Waals surface area contributed by atoms with E-state index in [0.29, 0.717) is 23.7 Å². The fourth-order valence-corrected chi connectivity index (χ4v) is 4.54. The lowest BCUT2D eigenvalue weighted by molar-refractivity contribution is -0.0623. The van der Waals surface area contributed by atoms with E-state index >= 15 is 0 Å². The van der Waals surface area contributed by atoms with Crippen LogP contribution in [0.4, 0.5) is 5.95 Å². The fourth-order valence-electron chi connectivity index (χ4n) is 3.22. The van der Waals surface area contributed by atoms with Crippen molar-refractivity contribution in [2.75, 3.05) is 19.5 Å². The number of imidazole rings is 1. The molecule has 2 aliphatic heterocycles. The Kier molecular flexibility index (Phi) is 4.70. The summed E-state index contributed by atoms with van der Waals surface area (Å²) in [4.78, 5) is 12.7. The van der Waals surface area contributed by atoms with Gasteiger partial charge in [-0.25, -0.2) is 4.98 Å². The van der Waals surface area contributed by atoms with Crippen molar-refractivity contribution < 1.29 is 23.0 Å². The van der Waals surface area contributed by atoms with Crippen molar-refractivity contribution in [3.05, 3.63) is 6.33 Å². The van der Waals surface area contributed by atoms with Gasteiger partial charge in [-0.1, -0.05) is 6.92 Å². The number of anilines is 1. The number of aromatic nitrogens is 4. The van der Waals surface area contributed by atoms with Crippen LogP contribution in [-0.2, 0) is 18.3 Å². The molecule has 2 fully saturated rings. The van der Waals surface area contributed by atoms with Gasteiger partial charge < -0.3 is 28.8 Å². The van der Waals surface area contributed by atoms with Gasteiger partial charge in [0.05, 0.1) is 26.1 Å². The van der Waals surface area contributed by atoms with Crippen LogP contribution in [0.3, 0.4) is 0 Å². The lowest BCUT2D eigenvalue weighted by Crippen LogP contribution is -2.35. The molecule has 11 heteroatoms. The van der Waals surface area contributed by atoms with Crippen LogP contribution >= 0.6 is 8.60 Å². The van der Waals surface area contributed by atoms with Crippen molar-refractivity contribution in [2.24, 2.45) is 5.92 Å². The standard InChI is InChI=1S/C15H22N5O5P/c1-7(2)24-26-22-5-9-11(25-26)8(3)14(23-9)20-6-17-10-12(20)18-15(16)19-13(10)21-4/h6-9,11,14H,5H2,1-4H3,(H2,16,18,19)/t8-,9?,11-,14+,26?/m0/s1. The fraction of sp³-hybridized carbons (Fsp3) is 0.667. The van der Waals surface area contributed by atoms with Gasteiger partial charge in [0.25, 0.3) is 0 Å². The summed E-state index contributed by atoms with van der Waals surface area (Å²) in [5.41, 5.74) is 6.90. The molecular weight excluding hydrogens is 361 g/mol. The average Bonchev–Trinajstić information content (AvgIpc) is 3.15. The molecule has 142 valence electrons. The second-order valence-corrected chi connectivity index (χ2v) is 7.71. The number of nitrogens with two attached hydrogens (primary N) is 1. The largest absolute Gasteiger partial charge is 0.479 e. The first-order chi connectivity index (χ1) is 12.5. The van der Waals surface area contributed by atoms with E-state index < -0.39 is 8.60 Å². The number of hydrogen-bond donors (Lipinski definition) is 1. The first-order valence-corrected chi connectivity index (χ1v) is 9.53. The predicted molar refractivity (Wildman–Crippen MR) is 93.3 cm³/mol. The molecule has 10 nitrogen and oxygen atoms in total. The van der Waals surface area contributed by atoms with Gasteiger partial charge in [0, 0.05) is 5.92 Å². The normalized spacial score (nSPS) is 31.5. The SMILES string of the molecule is COc1nc(N)nc2c1ncn2[C@@H]1OC2COP(OC(C)C)O[C@H]2[C@@H]1C. The highest BCUT2D eigenvalue weighted by Crippen LogP contribution is 2.52. The van der Waals surface area contributed by atoms with Gasteiger partial charge in [-0.3, -0.25) is 4.57 Å². The van der Waals surface area contributed by atoms with Crippen LogP contribution in [0.1, 0.15) is 27.0 Å². The lowest BCUT2D eigenvalue weighted by Gasteiger charge is -2.31. The predicted octanol–water partition coefficient (Wildman–Crippen LogP) is 2.02. The van der Waals surface area contributed by atoms with Crippen molar-refractivity contribution in [1.82, 2.24) is 19.5 Å². The van der Waals surface area contributed by atoms with Crippen molar-refractivity contribution >= 4 is 25.7 Å². The number of hydrogen-bond acceptors (Lipinski definition) is 9. The van der Waals surface area contributed by atoms with E-state index in [2.05, 4.69) is 21.9 Å². The second-order valence-electron chi connectivity index (χ2n) is 6.58. The van der Waals surface area contributed by atoms with Gasteiger partial charge in [0.1, 0.15) is 18.4 Å². The van der Waals surface area contributed by atoms with Gasteiger partial charge in [0.15, 0.2) is 11.2 Å². The second kappa shape index (κ2) is 6.86. The summed E-state index contributed by atoms with van der Waals surface area (Å²) >= 11 is 0. The maximum atomic E-state index is 6.18. The summed E-state index contributed by atoms with van der Waals surface area (Å²) in [6.07, 6.45) is 1.08. The molecule has 4 heterocycles. The Morgan fingerprint density at radius 1 is 1.38 bits per heavy atom. The molecule has 0 amide bonds. The summed E-state index contributed by atoms with van der Waals surface area (Å²) in [7, 11) is 0.155. The molecule has 0 aromatic carbocycles. The Balaban J connectivity index is 1.62. The summed E-state index contributed by atoms with van der Waals surface area (Å²) < 4.78 is 30.6. The van der Waals surface area contributed by atoms with E-state index in [1.807, 2.05) is 18.4 Å². The molecule has 2 N–H and O–H groups in total. The topological polar surface area (TPSA) is 116 Å². The van der Waals surface area contributed by atoms with Crippen LogP contribution in [0.15, 0.2) is 6.33 Å². The number of rotatable bonds is 4. The maximum Gasteiger partial charge on any atom is 0.333 e. The molecule has 2 aromatic rings. The first-order valence-electron chi connectivity index (χ1n) is 8.44. The molecule has 2 unspecified atom stereocenters. The smallest absolute Gasteiger partial charge is 0.333 e. The Morgan fingerprint density at radius 3 is 2.92 bits per heavy atom. The van der Waals surface area contributed by atoms with E-state index in [1.165, 1.54) is 7.11 Å². The first kappa shape index (κ1) is 17.8. The van der Waals surface area contributed by atoms with Crippen molar-refractivity contribution in [2.45, 2.75) is 45.3 Å². The Hall–Kier alpha value is -1.58. The molecule has 4 rings (SSSR count). The number of fused-ring (bicyclic) bond motifs is 2. The molecule has 2 aromatic heterocycles.